The van der Waals surface area contributed by atoms with Crippen molar-refractivity contribution in [3.63, 3.8) is 0 Å². The number of hydrogen-bond acceptors (Lipinski definition) is 7. The standard InChI is InChI=1S/C12H13N5O2S/c1-12(2)10(19)14-7(18)5-17(12)8-6-3-4-20-9(6)16-11(13)15-8/h3-4H,5H2,1-2H3,(H2,13,15,16)(H,14,18,19). The first-order chi connectivity index (χ1) is 9.39. The molecule has 3 N–H and O–H groups in total. The molecule has 2 aromatic heterocycles. The number of nitrogen functional groups attached to an aromatic ring is 1. The molecule has 1 aliphatic rings. The Morgan fingerprint density at radius 1 is 1.40 bits per heavy atom. The summed E-state index contributed by atoms with van der Waals surface area (Å²) >= 11 is 1.44. The van der Waals surface area contributed by atoms with Crippen LogP contribution in [0.15, 0.2) is 11.4 Å². The quantitative estimate of drug-likeness (QED) is 0.743. The van der Waals surface area contributed by atoms with Crippen molar-refractivity contribution in [1.29, 1.82) is 0 Å². The Kier molecular flexibility index (Phi) is 2.65. The third-order valence-electron chi connectivity index (χ3n) is 3.36. The van der Waals surface area contributed by atoms with E-state index in [4.69, 9.17) is 5.73 Å². The molecule has 0 spiro atoms. The average Bonchev–Trinajstić information content (AvgIpc) is 2.81. The van der Waals surface area contributed by atoms with Crippen molar-refractivity contribution in [2.75, 3.05) is 17.2 Å². The fourth-order valence-electron chi connectivity index (χ4n) is 2.18. The molecule has 104 valence electrons. The van der Waals surface area contributed by atoms with Gasteiger partial charge in [0.05, 0.1) is 11.9 Å². The van der Waals surface area contributed by atoms with Crippen molar-refractivity contribution in [1.82, 2.24) is 15.3 Å². The Labute approximate surface area is 118 Å². The minimum Gasteiger partial charge on any atom is -0.368 e. The van der Waals surface area contributed by atoms with Crippen LogP contribution >= 0.6 is 11.3 Å². The summed E-state index contributed by atoms with van der Waals surface area (Å²) in [5.41, 5.74) is 4.84. The van der Waals surface area contributed by atoms with Gasteiger partial charge in [-0.1, -0.05) is 0 Å². The molecule has 0 aromatic carbocycles. The Bertz CT molecular complexity index is 724. The lowest BCUT2D eigenvalue weighted by molar-refractivity contribution is -0.135. The van der Waals surface area contributed by atoms with E-state index in [1.54, 1.807) is 18.7 Å². The summed E-state index contributed by atoms with van der Waals surface area (Å²) in [6, 6.07) is 1.86. The normalized spacial score (nSPS) is 18.4. The number of piperazine rings is 1. The number of thiophene rings is 1. The predicted octanol–water partition coefficient (Wildman–Crippen LogP) is 0.515. The van der Waals surface area contributed by atoms with Gasteiger partial charge in [0.1, 0.15) is 16.2 Å². The van der Waals surface area contributed by atoms with Gasteiger partial charge >= 0.3 is 0 Å². The highest BCUT2D eigenvalue weighted by atomic mass is 32.1. The fourth-order valence-corrected chi connectivity index (χ4v) is 2.95. The Balaban J connectivity index is 2.20. The zero-order valence-electron chi connectivity index (χ0n) is 11.0. The second kappa shape index (κ2) is 4.14. The number of aromatic nitrogens is 2. The van der Waals surface area contributed by atoms with Crippen molar-refractivity contribution in [2.45, 2.75) is 19.4 Å². The zero-order valence-corrected chi connectivity index (χ0v) is 11.8. The third-order valence-corrected chi connectivity index (χ3v) is 4.17. The topological polar surface area (TPSA) is 101 Å². The first-order valence-corrected chi connectivity index (χ1v) is 6.90. The predicted molar refractivity (Wildman–Crippen MR) is 76.4 cm³/mol. The van der Waals surface area contributed by atoms with Crippen LogP contribution in [0.2, 0.25) is 0 Å². The van der Waals surface area contributed by atoms with Crippen molar-refractivity contribution in [3.8, 4) is 0 Å². The summed E-state index contributed by atoms with van der Waals surface area (Å²) in [4.78, 5) is 34.5. The van der Waals surface area contributed by atoms with Crippen molar-refractivity contribution >= 4 is 45.1 Å². The fraction of sp³-hybridized carbons (Fsp3) is 0.333. The molecule has 0 saturated carbocycles. The van der Waals surface area contributed by atoms with Gasteiger partial charge in [0.25, 0.3) is 5.91 Å². The first kappa shape index (κ1) is 12.8. The monoisotopic (exact) mass is 291 g/mol. The molecule has 0 bridgehead atoms. The number of rotatable bonds is 1. The number of nitrogens with zero attached hydrogens (tertiary/aromatic N) is 3. The van der Waals surface area contributed by atoms with Crippen molar-refractivity contribution in [2.24, 2.45) is 0 Å². The van der Waals surface area contributed by atoms with Crippen LogP contribution in [0.25, 0.3) is 10.2 Å². The van der Waals surface area contributed by atoms with E-state index in [-0.39, 0.29) is 24.3 Å². The van der Waals surface area contributed by atoms with Gasteiger partial charge in [-0.25, -0.2) is 4.98 Å². The molecule has 3 heterocycles. The SMILES string of the molecule is CC1(C)C(=O)NC(=O)CN1c1nc(N)nc2sccc12. The molecular formula is C12H13N5O2S. The maximum atomic E-state index is 12.0. The molecule has 0 radical (unpaired) electrons. The van der Waals surface area contributed by atoms with E-state index in [0.29, 0.717) is 5.82 Å². The van der Waals surface area contributed by atoms with Gasteiger partial charge in [-0.2, -0.15) is 4.98 Å². The van der Waals surface area contributed by atoms with Gasteiger partial charge in [-0.15, -0.1) is 11.3 Å². The smallest absolute Gasteiger partial charge is 0.251 e. The molecule has 1 saturated heterocycles. The number of fused-ring (bicyclic) bond motifs is 1. The summed E-state index contributed by atoms with van der Waals surface area (Å²) < 4.78 is 0. The van der Waals surface area contributed by atoms with E-state index in [1.807, 2.05) is 11.4 Å². The Hall–Kier alpha value is -2.22. The molecule has 1 aliphatic heterocycles. The van der Waals surface area contributed by atoms with E-state index >= 15 is 0 Å². The number of nitrogens with two attached hydrogens (primary N) is 1. The number of imide groups is 1. The van der Waals surface area contributed by atoms with Crippen LogP contribution < -0.4 is 16.0 Å². The van der Waals surface area contributed by atoms with E-state index in [0.717, 1.165) is 10.2 Å². The van der Waals surface area contributed by atoms with Crippen LogP contribution in [0, 0.1) is 0 Å². The highest BCUT2D eigenvalue weighted by molar-refractivity contribution is 7.16. The molecule has 8 heteroatoms. The van der Waals surface area contributed by atoms with Gasteiger partial charge in [0.2, 0.25) is 11.9 Å². The summed E-state index contributed by atoms with van der Waals surface area (Å²) in [6.07, 6.45) is 0. The van der Waals surface area contributed by atoms with Crippen LogP contribution in [-0.2, 0) is 9.59 Å². The van der Waals surface area contributed by atoms with Crippen LogP contribution in [0.4, 0.5) is 11.8 Å². The number of anilines is 2. The Morgan fingerprint density at radius 2 is 2.15 bits per heavy atom. The second-order valence-corrected chi connectivity index (χ2v) is 5.96. The average molecular weight is 291 g/mol. The number of hydrogen-bond donors (Lipinski definition) is 2. The number of amides is 2. The lowest BCUT2D eigenvalue weighted by atomic mass is 9.98. The van der Waals surface area contributed by atoms with Crippen LogP contribution in [-0.4, -0.2) is 33.9 Å². The van der Waals surface area contributed by atoms with Gasteiger partial charge in [0.15, 0.2) is 0 Å². The molecular weight excluding hydrogens is 278 g/mol. The van der Waals surface area contributed by atoms with Gasteiger partial charge in [-0.05, 0) is 25.3 Å². The maximum absolute atomic E-state index is 12.0. The molecule has 0 unspecified atom stereocenters. The van der Waals surface area contributed by atoms with E-state index in [1.165, 1.54) is 11.3 Å². The molecule has 2 aromatic rings. The van der Waals surface area contributed by atoms with Gasteiger partial charge in [-0.3, -0.25) is 14.9 Å². The molecule has 20 heavy (non-hydrogen) atoms. The van der Waals surface area contributed by atoms with Crippen LogP contribution in [0.5, 0.6) is 0 Å². The largest absolute Gasteiger partial charge is 0.368 e. The van der Waals surface area contributed by atoms with Gasteiger partial charge < -0.3 is 10.6 Å². The zero-order chi connectivity index (χ0) is 14.5. The third kappa shape index (κ3) is 1.80. The second-order valence-electron chi connectivity index (χ2n) is 5.07. The lowest BCUT2D eigenvalue weighted by Gasteiger charge is -2.41. The highest BCUT2D eigenvalue weighted by Gasteiger charge is 2.42. The number of carbonyl (C=O) groups is 2. The van der Waals surface area contributed by atoms with E-state index in [2.05, 4.69) is 15.3 Å². The van der Waals surface area contributed by atoms with Crippen LogP contribution in [0.1, 0.15) is 13.8 Å². The summed E-state index contributed by atoms with van der Waals surface area (Å²) in [5, 5.41) is 5.00. The Morgan fingerprint density at radius 3 is 2.90 bits per heavy atom. The first-order valence-electron chi connectivity index (χ1n) is 6.02. The lowest BCUT2D eigenvalue weighted by Crippen LogP contribution is -2.64. The molecule has 2 amide bonds. The van der Waals surface area contributed by atoms with E-state index in [9.17, 15) is 9.59 Å². The maximum Gasteiger partial charge on any atom is 0.251 e. The minimum absolute atomic E-state index is 0.0557. The summed E-state index contributed by atoms with van der Waals surface area (Å²) in [5.74, 6) is -0.0599. The highest BCUT2D eigenvalue weighted by Crippen LogP contribution is 2.33. The molecule has 1 fully saturated rings. The molecule has 0 aliphatic carbocycles. The van der Waals surface area contributed by atoms with Crippen molar-refractivity contribution < 1.29 is 9.59 Å². The van der Waals surface area contributed by atoms with Crippen LogP contribution in [0.3, 0.4) is 0 Å². The number of carbonyl (C=O) groups excluding carboxylic acids is 2. The summed E-state index contributed by atoms with van der Waals surface area (Å²) in [6.45, 7) is 3.54. The molecule has 7 nitrogen and oxygen atoms in total. The minimum atomic E-state index is -0.885. The molecule has 3 rings (SSSR count). The van der Waals surface area contributed by atoms with Crippen molar-refractivity contribution in [3.05, 3.63) is 11.4 Å². The van der Waals surface area contributed by atoms with E-state index < -0.39 is 5.54 Å². The number of nitrogens with one attached hydrogen (secondary N) is 1. The molecule has 0 atom stereocenters. The summed E-state index contributed by atoms with van der Waals surface area (Å²) in [7, 11) is 0. The van der Waals surface area contributed by atoms with Gasteiger partial charge in [0, 0.05) is 0 Å².